The molecular weight excluding hydrogens is 432 g/mol. The van der Waals surface area contributed by atoms with Crippen LogP contribution in [0.5, 0.6) is 5.75 Å². The van der Waals surface area contributed by atoms with Crippen LogP contribution >= 0.6 is 15.9 Å². The Bertz CT molecular complexity index is 913. The fraction of sp³-hybridized carbons (Fsp3) is 0.391. The first kappa shape index (κ1) is 20.0. The predicted molar refractivity (Wildman–Crippen MR) is 115 cm³/mol. The van der Waals surface area contributed by atoms with Crippen LogP contribution in [0.15, 0.2) is 46.9 Å². The van der Waals surface area contributed by atoms with Crippen LogP contribution in [0, 0.1) is 12.8 Å². The molecule has 1 N–H and O–H groups in total. The van der Waals surface area contributed by atoms with Gasteiger partial charge in [0.1, 0.15) is 5.75 Å². The first-order chi connectivity index (χ1) is 14.0. The second-order valence-corrected chi connectivity index (χ2v) is 8.75. The van der Waals surface area contributed by atoms with E-state index in [1.54, 1.807) is 0 Å². The molecule has 2 atom stereocenters. The molecule has 2 unspecified atom stereocenters. The number of halogens is 1. The molecule has 4 rings (SSSR count). The third-order valence-electron chi connectivity index (χ3n) is 5.71. The number of piperidine rings is 1. The van der Waals surface area contributed by atoms with Crippen LogP contribution in [-0.2, 0) is 4.79 Å². The number of hydrogen-bond donors (Lipinski definition) is 1. The summed E-state index contributed by atoms with van der Waals surface area (Å²) in [6.07, 6.45) is 2.39. The van der Waals surface area contributed by atoms with Crippen molar-refractivity contribution in [1.29, 1.82) is 0 Å². The number of rotatable bonds is 3. The van der Waals surface area contributed by atoms with Gasteiger partial charge in [-0.2, -0.15) is 0 Å². The van der Waals surface area contributed by atoms with Gasteiger partial charge in [-0.1, -0.05) is 33.6 Å². The Morgan fingerprint density at radius 2 is 1.93 bits per heavy atom. The summed E-state index contributed by atoms with van der Waals surface area (Å²) in [5.41, 5.74) is 2.81. The van der Waals surface area contributed by atoms with Crippen LogP contribution in [0.4, 0.5) is 0 Å². The minimum Gasteiger partial charge on any atom is -0.493 e. The van der Waals surface area contributed by atoms with Crippen molar-refractivity contribution < 1.29 is 14.3 Å². The van der Waals surface area contributed by atoms with E-state index in [-0.39, 0.29) is 23.8 Å². The number of hydrogen-bond acceptors (Lipinski definition) is 3. The standard InChI is InChI=1S/C23H25BrN2O3/c1-15-4-6-16(7-5-15)23(28)26-11-2-3-17(14-26)22(27)25-20-10-12-29-21-9-8-18(24)13-19(20)21/h4-9,13,17,20H,2-3,10-12,14H2,1H3,(H,25,27). The molecule has 152 valence electrons. The summed E-state index contributed by atoms with van der Waals surface area (Å²) >= 11 is 3.50. The molecule has 1 saturated heterocycles. The lowest BCUT2D eigenvalue weighted by Gasteiger charge is -2.34. The van der Waals surface area contributed by atoms with Gasteiger partial charge in [0.05, 0.1) is 18.6 Å². The van der Waals surface area contributed by atoms with Gasteiger partial charge in [0, 0.05) is 35.1 Å². The van der Waals surface area contributed by atoms with E-state index in [0.29, 0.717) is 25.3 Å². The molecule has 2 aromatic carbocycles. The number of amides is 2. The van der Waals surface area contributed by atoms with Crippen molar-refractivity contribution in [2.75, 3.05) is 19.7 Å². The summed E-state index contributed by atoms with van der Waals surface area (Å²) in [5, 5.41) is 3.20. The maximum Gasteiger partial charge on any atom is 0.253 e. The highest BCUT2D eigenvalue weighted by atomic mass is 79.9. The number of fused-ring (bicyclic) bond motifs is 1. The number of ether oxygens (including phenoxy) is 1. The Labute approximate surface area is 179 Å². The van der Waals surface area contributed by atoms with Crippen molar-refractivity contribution in [3.63, 3.8) is 0 Å². The number of carbonyl (C=O) groups is 2. The highest BCUT2D eigenvalue weighted by molar-refractivity contribution is 9.10. The number of likely N-dealkylation sites (tertiary alicyclic amines) is 1. The first-order valence-corrected chi connectivity index (χ1v) is 10.9. The number of aryl methyl sites for hydroxylation is 1. The minimum absolute atomic E-state index is 0.00263. The van der Waals surface area contributed by atoms with Crippen molar-refractivity contribution in [2.24, 2.45) is 5.92 Å². The topological polar surface area (TPSA) is 58.6 Å². The summed E-state index contributed by atoms with van der Waals surface area (Å²) in [4.78, 5) is 27.7. The van der Waals surface area contributed by atoms with E-state index in [4.69, 9.17) is 4.74 Å². The molecule has 0 aliphatic carbocycles. The van der Waals surface area contributed by atoms with Crippen LogP contribution in [0.2, 0.25) is 0 Å². The van der Waals surface area contributed by atoms with Crippen LogP contribution < -0.4 is 10.1 Å². The Morgan fingerprint density at radius 3 is 2.72 bits per heavy atom. The Kier molecular flexibility index (Phi) is 5.90. The number of nitrogens with zero attached hydrogens (tertiary/aromatic N) is 1. The van der Waals surface area contributed by atoms with Crippen molar-refractivity contribution >= 4 is 27.7 Å². The van der Waals surface area contributed by atoms with Crippen LogP contribution in [-0.4, -0.2) is 36.4 Å². The summed E-state index contributed by atoms with van der Waals surface area (Å²) in [5.74, 6) is 0.660. The van der Waals surface area contributed by atoms with Gasteiger partial charge >= 0.3 is 0 Å². The second kappa shape index (κ2) is 8.57. The van der Waals surface area contributed by atoms with E-state index in [0.717, 1.165) is 40.6 Å². The largest absolute Gasteiger partial charge is 0.493 e. The normalized spacial score (nSPS) is 21.1. The van der Waals surface area contributed by atoms with Crippen molar-refractivity contribution in [1.82, 2.24) is 10.2 Å². The fourth-order valence-corrected chi connectivity index (χ4v) is 4.44. The highest BCUT2D eigenvalue weighted by Crippen LogP contribution is 2.34. The molecular formula is C23H25BrN2O3. The molecule has 29 heavy (non-hydrogen) atoms. The molecule has 0 aromatic heterocycles. The summed E-state index contributed by atoms with van der Waals surface area (Å²) in [7, 11) is 0. The average molecular weight is 457 g/mol. The lowest BCUT2D eigenvalue weighted by Crippen LogP contribution is -2.46. The zero-order chi connectivity index (χ0) is 20.4. The zero-order valence-electron chi connectivity index (χ0n) is 16.5. The molecule has 2 aliphatic heterocycles. The van der Waals surface area contributed by atoms with Gasteiger partial charge in [0.15, 0.2) is 0 Å². The van der Waals surface area contributed by atoms with Gasteiger partial charge in [-0.3, -0.25) is 9.59 Å². The van der Waals surface area contributed by atoms with E-state index in [1.165, 1.54) is 0 Å². The maximum absolute atomic E-state index is 13.0. The fourth-order valence-electron chi connectivity index (χ4n) is 4.06. The SMILES string of the molecule is Cc1ccc(C(=O)N2CCCC(C(=O)NC3CCOc4ccc(Br)cc43)C2)cc1. The van der Waals surface area contributed by atoms with Crippen molar-refractivity contribution in [3.8, 4) is 5.75 Å². The molecule has 0 spiro atoms. The van der Waals surface area contributed by atoms with Crippen molar-refractivity contribution in [2.45, 2.75) is 32.2 Å². The van der Waals surface area contributed by atoms with Gasteiger partial charge in [-0.25, -0.2) is 0 Å². The molecule has 5 nitrogen and oxygen atoms in total. The van der Waals surface area contributed by atoms with Crippen LogP contribution in [0.3, 0.4) is 0 Å². The van der Waals surface area contributed by atoms with Crippen molar-refractivity contribution in [3.05, 3.63) is 63.6 Å². The van der Waals surface area contributed by atoms with Gasteiger partial charge in [0.25, 0.3) is 5.91 Å². The molecule has 2 amide bonds. The average Bonchev–Trinajstić information content (AvgIpc) is 2.74. The van der Waals surface area contributed by atoms with Gasteiger partial charge in [0.2, 0.25) is 5.91 Å². The summed E-state index contributed by atoms with van der Waals surface area (Å²) in [6, 6.07) is 13.4. The molecule has 1 fully saturated rings. The smallest absolute Gasteiger partial charge is 0.253 e. The summed E-state index contributed by atoms with van der Waals surface area (Å²) in [6.45, 7) is 3.75. The first-order valence-electron chi connectivity index (χ1n) is 10.1. The van der Waals surface area contributed by atoms with E-state index in [9.17, 15) is 9.59 Å². The third kappa shape index (κ3) is 4.47. The zero-order valence-corrected chi connectivity index (χ0v) is 18.1. The maximum atomic E-state index is 13.0. The Morgan fingerprint density at radius 1 is 1.14 bits per heavy atom. The van der Waals surface area contributed by atoms with Gasteiger partial charge in [-0.15, -0.1) is 0 Å². The molecule has 6 heteroatoms. The third-order valence-corrected chi connectivity index (χ3v) is 6.20. The monoisotopic (exact) mass is 456 g/mol. The minimum atomic E-state index is -0.184. The lowest BCUT2D eigenvalue weighted by molar-refractivity contribution is -0.127. The second-order valence-electron chi connectivity index (χ2n) is 7.84. The lowest BCUT2D eigenvalue weighted by atomic mass is 9.94. The van der Waals surface area contributed by atoms with Gasteiger partial charge < -0.3 is 15.0 Å². The molecule has 0 radical (unpaired) electrons. The number of carbonyl (C=O) groups excluding carboxylic acids is 2. The number of nitrogens with one attached hydrogen (secondary N) is 1. The molecule has 2 aromatic rings. The summed E-state index contributed by atoms with van der Waals surface area (Å²) < 4.78 is 6.68. The van der Waals surface area contributed by atoms with E-state index < -0.39 is 0 Å². The quantitative estimate of drug-likeness (QED) is 0.750. The Balaban J connectivity index is 1.43. The van der Waals surface area contributed by atoms with E-state index >= 15 is 0 Å². The molecule has 2 heterocycles. The van der Waals surface area contributed by atoms with Crippen LogP contribution in [0.25, 0.3) is 0 Å². The molecule has 0 bridgehead atoms. The van der Waals surface area contributed by atoms with E-state index in [2.05, 4.69) is 21.2 Å². The van der Waals surface area contributed by atoms with E-state index in [1.807, 2.05) is 54.3 Å². The van der Waals surface area contributed by atoms with Crippen LogP contribution in [0.1, 0.15) is 46.8 Å². The Hall–Kier alpha value is -2.34. The number of benzene rings is 2. The predicted octanol–water partition coefficient (Wildman–Crippen LogP) is 4.25. The molecule has 0 saturated carbocycles. The molecule has 2 aliphatic rings. The van der Waals surface area contributed by atoms with Gasteiger partial charge in [-0.05, 0) is 50.1 Å². The highest BCUT2D eigenvalue weighted by Gasteiger charge is 2.31.